The molecular formula is C17H17N3OS. The van der Waals surface area contributed by atoms with E-state index in [2.05, 4.69) is 34.2 Å². The van der Waals surface area contributed by atoms with Gasteiger partial charge in [0.05, 0.1) is 10.8 Å². The summed E-state index contributed by atoms with van der Waals surface area (Å²) in [5.74, 6) is 1.87. The van der Waals surface area contributed by atoms with Gasteiger partial charge in [-0.1, -0.05) is 54.2 Å². The fraction of sp³-hybridized carbons (Fsp3) is 0.235. The van der Waals surface area contributed by atoms with Crippen LogP contribution in [-0.2, 0) is 12.2 Å². The average molecular weight is 311 g/mol. The standard InChI is InChI=1S/C17H17N3OS/c1-3-13-5-7-14(8-6-13)17-19-15(21-20-17)11-22-16-9-4-12(2)10-18-16/h4-10H,3,11H2,1-2H3. The molecule has 0 N–H and O–H groups in total. The molecule has 112 valence electrons. The lowest BCUT2D eigenvalue weighted by Gasteiger charge is -1.98. The first-order chi connectivity index (χ1) is 10.7. The summed E-state index contributed by atoms with van der Waals surface area (Å²) in [6, 6.07) is 12.3. The predicted octanol–water partition coefficient (Wildman–Crippen LogP) is 4.29. The summed E-state index contributed by atoms with van der Waals surface area (Å²) in [5.41, 5.74) is 3.43. The first kappa shape index (κ1) is 14.8. The lowest BCUT2D eigenvalue weighted by Crippen LogP contribution is -1.85. The number of hydrogen-bond donors (Lipinski definition) is 0. The minimum Gasteiger partial charge on any atom is -0.338 e. The third kappa shape index (κ3) is 3.54. The lowest BCUT2D eigenvalue weighted by atomic mass is 10.1. The third-order valence-corrected chi connectivity index (χ3v) is 4.24. The quantitative estimate of drug-likeness (QED) is 0.658. The van der Waals surface area contributed by atoms with E-state index in [1.165, 1.54) is 5.56 Å². The van der Waals surface area contributed by atoms with Crippen LogP contribution in [0.1, 0.15) is 23.9 Å². The van der Waals surface area contributed by atoms with Gasteiger partial charge in [-0.2, -0.15) is 4.98 Å². The molecule has 0 atom stereocenters. The number of aromatic nitrogens is 3. The normalized spacial score (nSPS) is 10.8. The van der Waals surface area contributed by atoms with Gasteiger partial charge in [-0.15, -0.1) is 0 Å². The van der Waals surface area contributed by atoms with E-state index in [0.717, 1.165) is 22.6 Å². The van der Waals surface area contributed by atoms with Crippen molar-refractivity contribution in [2.24, 2.45) is 0 Å². The second-order valence-electron chi connectivity index (χ2n) is 5.02. The van der Waals surface area contributed by atoms with Crippen LogP contribution in [0.3, 0.4) is 0 Å². The Morgan fingerprint density at radius 2 is 1.91 bits per heavy atom. The van der Waals surface area contributed by atoms with Crippen molar-refractivity contribution in [2.45, 2.75) is 31.0 Å². The summed E-state index contributed by atoms with van der Waals surface area (Å²) >= 11 is 1.59. The third-order valence-electron chi connectivity index (χ3n) is 3.32. The molecule has 0 aliphatic heterocycles. The van der Waals surface area contributed by atoms with E-state index in [9.17, 15) is 0 Å². The Balaban J connectivity index is 1.66. The number of hydrogen-bond acceptors (Lipinski definition) is 5. The second kappa shape index (κ2) is 6.75. The van der Waals surface area contributed by atoms with Crippen LogP contribution in [0.25, 0.3) is 11.4 Å². The van der Waals surface area contributed by atoms with E-state index in [1.54, 1.807) is 11.8 Å². The minimum atomic E-state index is 0.613. The van der Waals surface area contributed by atoms with Crippen molar-refractivity contribution in [2.75, 3.05) is 0 Å². The molecule has 5 heteroatoms. The fourth-order valence-corrected chi connectivity index (χ4v) is 2.68. The number of rotatable bonds is 5. The minimum absolute atomic E-state index is 0.613. The SMILES string of the molecule is CCc1ccc(-c2noc(CSc3ccc(C)cn3)n2)cc1. The maximum absolute atomic E-state index is 5.31. The molecule has 0 fully saturated rings. The molecular weight excluding hydrogens is 294 g/mol. The zero-order valence-corrected chi connectivity index (χ0v) is 13.4. The highest BCUT2D eigenvalue weighted by Crippen LogP contribution is 2.22. The molecule has 3 rings (SSSR count). The maximum Gasteiger partial charge on any atom is 0.237 e. The van der Waals surface area contributed by atoms with Gasteiger partial charge in [-0.3, -0.25) is 0 Å². The van der Waals surface area contributed by atoms with Gasteiger partial charge in [0.15, 0.2) is 0 Å². The summed E-state index contributed by atoms with van der Waals surface area (Å²) < 4.78 is 5.31. The summed E-state index contributed by atoms with van der Waals surface area (Å²) in [6.07, 6.45) is 2.88. The number of benzene rings is 1. The highest BCUT2D eigenvalue weighted by Gasteiger charge is 2.09. The molecule has 2 aromatic heterocycles. The van der Waals surface area contributed by atoms with Crippen molar-refractivity contribution >= 4 is 11.8 Å². The summed E-state index contributed by atoms with van der Waals surface area (Å²) in [6.45, 7) is 4.16. The van der Waals surface area contributed by atoms with Crippen LogP contribution in [0, 0.1) is 6.92 Å². The number of pyridine rings is 1. The Morgan fingerprint density at radius 3 is 2.59 bits per heavy atom. The lowest BCUT2D eigenvalue weighted by molar-refractivity contribution is 0.391. The van der Waals surface area contributed by atoms with Crippen molar-refractivity contribution < 1.29 is 4.52 Å². The van der Waals surface area contributed by atoms with Gasteiger partial charge >= 0.3 is 0 Å². The van der Waals surface area contributed by atoms with E-state index < -0.39 is 0 Å². The molecule has 0 aliphatic carbocycles. The molecule has 0 saturated heterocycles. The molecule has 0 amide bonds. The van der Waals surface area contributed by atoms with Crippen LogP contribution in [-0.4, -0.2) is 15.1 Å². The van der Waals surface area contributed by atoms with Gasteiger partial charge in [-0.05, 0) is 30.5 Å². The molecule has 4 nitrogen and oxygen atoms in total. The molecule has 0 aliphatic rings. The van der Waals surface area contributed by atoms with Crippen molar-refractivity contribution in [3.63, 3.8) is 0 Å². The van der Waals surface area contributed by atoms with Crippen LogP contribution in [0.4, 0.5) is 0 Å². The largest absolute Gasteiger partial charge is 0.338 e. The van der Waals surface area contributed by atoms with Gasteiger partial charge in [0.2, 0.25) is 11.7 Å². The summed E-state index contributed by atoms with van der Waals surface area (Å²) in [5, 5.41) is 5.00. The van der Waals surface area contributed by atoms with Gasteiger partial charge in [0, 0.05) is 11.8 Å². The van der Waals surface area contributed by atoms with Crippen LogP contribution >= 0.6 is 11.8 Å². The number of thioether (sulfide) groups is 1. The highest BCUT2D eigenvalue weighted by molar-refractivity contribution is 7.98. The van der Waals surface area contributed by atoms with Crippen molar-refractivity contribution in [3.05, 3.63) is 59.6 Å². The number of aryl methyl sites for hydroxylation is 2. The van der Waals surface area contributed by atoms with Gasteiger partial charge in [0.1, 0.15) is 0 Å². The van der Waals surface area contributed by atoms with E-state index in [0.29, 0.717) is 17.5 Å². The second-order valence-corrected chi connectivity index (χ2v) is 6.02. The van der Waals surface area contributed by atoms with E-state index >= 15 is 0 Å². The molecule has 0 spiro atoms. The molecule has 1 aromatic carbocycles. The van der Waals surface area contributed by atoms with Crippen molar-refractivity contribution in [3.8, 4) is 11.4 Å². The van der Waals surface area contributed by atoms with Crippen LogP contribution in [0.15, 0.2) is 52.1 Å². The van der Waals surface area contributed by atoms with Crippen molar-refractivity contribution in [1.82, 2.24) is 15.1 Å². The molecule has 2 heterocycles. The molecule has 0 radical (unpaired) electrons. The van der Waals surface area contributed by atoms with Gasteiger partial charge < -0.3 is 4.52 Å². The fourth-order valence-electron chi connectivity index (χ4n) is 2.00. The zero-order chi connectivity index (χ0) is 15.4. The first-order valence-corrected chi connectivity index (χ1v) is 8.20. The van der Waals surface area contributed by atoms with Crippen molar-refractivity contribution in [1.29, 1.82) is 0 Å². The predicted molar refractivity (Wildman–Crippen MR) is 87.6 cm³/mol. The highest BCUT2D eigenvalue weighted by atomic mass is 32.2. The number of nitrogens with zero attached hydrogens (tertiary/aromatic N) is 3. The Labute approximate surface area is 134 Å². The Hall–Kier alpha value is -2.14. The van der Waals surface area contributed by atoms with E-state index in [1.807, 2.05) is 37.4 Å². The smallest absolute Gasteiger partial charge is 0.237 e. The van der Waals surface area contributed by atoms with Crippen LogP contribution in [0.2, 0.25) is 0 Å². The van der Waals surface area contributed by atoms with E-state index in [4.69, 9.17) is 4.52 Å². The molecule has 0 bridgehead atoms. The summed E-state index contributed by atoms with van der Waals surface area (Å²) in [7, 11) is 0. The monoisotopic (exact) mass is 311 g/mol. The van der Waals surface area contributed by atoms with Crippen LogP contribution in [0.5, 0.6) is 0 Å². The van der Waals surface area contributed by atoms with Crippen LogP contribution < -0.4 is 0 Å². The molecule has 0 saturated carbocycles. The Bertz CT molecular complexity index is 735. The molecule has 3 aromatic rings. The average Bonchev–Trinajstić information content (AvgIpc) is 3.03. The Morgan fingerprint density at radius 1 is 1.09 bits per heavy atom. The molecule has 22 heavy (non-hydrogen) atoms. The van der Waals surface area contributed by atoms with Gasteiger partial charge in [0.25, 0.3) is 0 Å². The maximum atomic E-state index is 5.31. The van der Waals surface area contributed by atoms with Gasteiger partial charge in [-0.25, -0.2) is 4.98 Å². The Kier molecular flexibility index (Phi) is 4.53. The van der Waals surface area contributed by atoms with E-state index in [-0.39, 0.29) is 0 Å². The zero-order valence-electron chi connectivity index (χ0n) is 12.6. The molecule has 0 unspecified atom stereocenters. The summed E-state index contributed by atoms with van der Waals surface area (Å²) in [4.78, 5) is 8.79. The first-order valence-electron chi connectivity index (χ1n) is 7.22. The topological polar surface area (TPSA) is 51.8 Å².